The van der Waals surface area contributed by atoms with Crippen LogP contribution in [0.15, 0.2) is 47.8 Å². The number of urea groups is 1. The van der Waals surface area contributed by atoms with Crippen LogP contribution in [0, 0.1) is 11.3 Å². The van der Waals surface area contributed by atoms with E-state index >= 15 is 0 Å². The highest BCUT2D eigenvalue weighted by molar-refractivity contribution is 6.09. The molecular weight excluding hydrogens is 499 g/mol. The number of Topliss-reactive ketones (excluding diaryl/α,β-unsaturated/α-hetero) is 1. The Balaban J connectivity index is 1.65. The molecule has 0 N–H and O–H groups in total. The van der Waals surface area contributed by atoms with Crippen molar-refractivity contribution in [1.82, 2.24) is 14.8 Å². The highest BCUT2D eigenvalue weighted by Gasteiger charge is 2.46. The molecule has 196 valence electrons. The fourth-order valence-corrected chi connectivity index (χ4v) is 5.44. The number of hydrogen-bond acceptors (Lipinski definition) is 5. The van der Waals surface area contributed by atoms with Gasteiger partial charge in [0.2, 0.25) is 0 Å². The lowest BCUT2D eigenvalue weighted by molar-refractivity contribution is -0.141. The van der Waals surface area contributed by atoms with Crippen LogP contribution < -0.4 is 4.90 Å². The standard InChI is InChI=1S/C27H24F3N5O3/c1-33-24(18-6-5-16(15-31)13-19(18)25(37)34-11-3-2-4-12-34)23-20(7-8-21(23)36)35(26(33)38)17-9-10-32-22(14-17)27(28,29)30/h5-6,9-10,13-14,24H,2-4,7-8,11-12H2,1H3. The van der Waals surface area contributed by atoms with Gasteiger partial charge in [0.15, 0.2) is 5.78 Å². The van der Waals surface area contributed by atoms with Gasteiger partial charge in [0, 0.05) is 49.6 Å². The van der Waals surface area contributed by atoms with Crippen molar-refractivity contribution in [2.75, 3.05) is 25.0 Å². The summed E-state index contributed by atoms with van der Waals surface area (Å²) in [7, 11) is 1.45. The molecular formula is C27H24F3N5O3. The van der Waals surface area contributed by atoms with Gasteiger partial charge < -0.3 is 9.80 Å². The summed E-state index contributed by atoms with van der Waals surface area (Å²) < 4.78 is 40.1. The molecule has 1 unspecified atom stereocenters. The van der Waals surface area contributed by atoms with E-state index in [1.165, 1.54) is 30.1 Å². The minimum atomic E-state index is -4.71. The predicted molar refractivity (Wildman–Crippen MR) is 130 cm³/mol. The van der Waals surface area contributed by atoms with Crippen molar-refractivity contribution >= 4 is 23.4 Å². The van der Waals surface area contributed by atoms with Gasteiger partial charge >= 0.3 is 12.2 Å². The molecule has 1 aromatic heterocycles. The zero-order valence-corrected chi connectivity index (χ0v) is 20.6. The maximum atomic E-state index is 13.7. The lowest BCUT2D eigenvalue weighted by Gasteiger charge is -2.41. The minimum absolute atomic E-state index is 0.0470. The molecule has 1 atom stereocenters. The van der Waals surface area contributed by atoms with Gasteiger partial charge in [-0.3, -0.25) is 19.5 Å². The van der Waals surface area contributed by atoms with Crippen molar-refractivity contribution < 1.29 is 27.6 Å². The topological polar surface area (TPSA) is 97.6 Å². The second kappa shape index (κ2) is 9.59. The quantitative estimate of drug-likeness (QED) is 0.574. The lowest BCUT2D eigenvalue weighted by atomic mass is 9.88. The molecule has 11 heteroatoms. The number of aromatic nitrogens is 1. The van der Waals surface area contributed by atoms with Crippen LogP contribution in [0.4, 0.5) is 23.7 Å². The van der Waals surface area contributed by atoms with E-state index < -0.39 is 23.9 Å². The van der Waals surface area contributed by atoms with Crippen molar-refractivity contribution in [2.24, 2.45) is 0 Å². The van der Waals surface area contributed by atoms with Crippen LogP contribution in [0.25, 0.3) is 0 Å². The second-order valence-corrected chi connectivity index (χ2v) is 9.58. The average molecular weight is 524 g/mol. The number of hydrogen-bond donors (Lipinski definition) is 0. The third kappa shape index (κ3) is 4.30. The molecule has 0 bridgehead atoms. The molecule has 1 aromatic carbocycles. The number of likely N-dealkylation sites (N-methyl/N-ethyl adjacent to an activating group) is 1. The molecule has 3 amide bonds. The molecule has 3 aliphatic rings. The van der Waals surface area contributed by atoms with Crippen LogP contribution >= 0.6 is 0 Å². The van der Waals surface area contributed by atoms with Gasteiger partial charge in [-0.05, 0) is 55.5 Å². The van der Waals surface area contributed by atoms with Gasteiger partial charge in [0.25, 0.3) is 5.91 Å². The molecule has 0 radical (unpaired) electrons. The third-order valence-corrected chi connectivity index (χ3v) is 7.27. The van der Waals surface area contributed by atoms with Crippen molar-refractivity contribution in [3.63, 3.8) is 0 Å². The van der Waals surface area contributed by atoms with Gasteiger partial charge in [0.05, 0.1) is 23.4 Å². The van der Waals surface area contributed by atoms with E-state index in [0.717, 1.165) is 36.4 Å². The normalized spacial score (nSPS) is 20.1. The van der Waals surface area contributed by atoms with Crippen LogP contribution in [0.3, 0.4) is 0 Å². The number of amides is 3. The summed E-state index contributed by atoms with van der Waals surface area (Å²) in [6.45, 7) is 1.14. The highest BCUT2D eigenvalue weighted by Crippen LogP contribution is 2.45. The van der Waals surface area contributed by atoms with Crippen LogP contribution in [0.2, 0.25) is 0 Å². The molecule has 0 saturated carbocycles. The number of alkyl halides is 3. The third-order valence-electron chi connectivity index (χ3n) is 7.27. The largest absolute Gasteiger partial charge is 0.433 e. The Bertz CT molecular complexity index is 1410. The Hall–Kier alpha value is -4.20. The van der Waals surface area contributed by atoms with Crippen molar-refractivity contribution in [1.29, 1.82) is 5.26 Å². The fraction of sp³-hybridized carbons (Fsp3) is 0.370. The summed E-state index contributed by atoms with van der Waals surface area (Å²) in [5.41, 5.74) is 0.277. The predicted octanol–water partition coefficient (Wildman–Crippen LogP) is 4.83. The number of halogens is 3. The van der Waals surface area contributed by atoms with Crippen molar-refractivity contribution in [3.05, 3.63) is 70.2 Å². The molecule has 1 aliphatic carbocycles. The first-order chi connectivity index (χ1) is 18.1. The number of rotatable bonds is 3. The van der Waals surface area contributed by atoms with Crippen LogP contribution in [-0.4, -0.2) is 52.6 Å². The number of ketones is 1. The van der Waals surface area contributed by atoms with E-state index in [-0.39, 0.29) is 46.9 Å². The smallest absolute Gasteiger partial charge is 0.339 e. The van der Waals surface area contributed by atoms with Crippen LogP contribution in [0.5, 0.6) is 0 Å². The molecule has 1 saturated heterocycles. The number of carbonyl (C=O) groups excluding carboxylic acids is 3. The molecule has 3 heterocycles. The Morgan fingerprint density at radius 2 is 1.82 bits per heavy atom. The van der Waals surface area contributed by atoms with Crippen LogP contribution in [0.1, 0.15) is 65.3 Å². The molecule has 0 spiro atoms. The van der Waals surface area contributed by atoms with Crippen molar-refractivity contribution in [2.45, 2.75) is 44.3 Å². The number of pyridine rings is 1. The summed E-state index contributed by atoms with van der Waals surface area (Å²) in [5, 5.41) is 9.49. The molecule has 8 nitrogen and oxygen atoms in total. The van der Waals surface area contributed by atoms with Crippen LogP contribution in [-0.2, 0) is 11.0 Å². The van der Waals surface area contributed by atoms with E-state index in [0.29, 0.717) is 24.4 Å². The number of likely N-dealkylation sites (tertiary alicyclic amines) is 1. The summed E-state index contributed by atoms with van der Waals surface area (Å²) in [4.78, 5) is 48.0. The summed E-state index contributed by atoms with van der Waals surface area (Å²) in [6.07, 6.45) is -0.755. The van der Waals surface area contributed by atoms with E-state index in [1.807, 2.05) is 6.07 Å². The fourth-order valence-electron chi connectivity index (χ4n) is 5.44. The first-order valence-corrected chi connectivity index (χ1v) is 12.3. The molecule has 5 rings (SSSR count). The number of piperidine rings is 1. The number of nitriles is 1. The number of benzene rings is 1. The molecule has 2 aromatic rings. The maximum Gasteiger partial charge on any atom is 0.433 e. The Kier molecular flexibility index (Phi) is 6.42. The molecule has 38 heavy (non-hydrogen) atoms. The first kappa shape index (κ1) is 25.4. The molecule has 1 fully saturated rings. The number of allylic oxidation sites excluding steroid dienone is 1. The second-order valence-electron chi connectivity index (χ2n) is 9.58. The van der Waals surface area contributed by atoms with E-state index in [4.69, 9.17) is 0 Å². The Morgan fingerprint density at radius 3 is 2.50 bits per heavy atom. The monoisotopic (exact) mass is 523 g/mol. The Morgan fingerprint density at radius 1 is 1.08 bits per heavy atom. The van der Waals surface area contributed by atoms with Gasteiger partial charge in [-0.25, -0.2) is 4.79 Å². The molecule has 2 aliphatic heterocycles. The zero-order chi connectivity index (χ0) is 27.2. The summed E-state index contributed by atoms with van der Waals surface area (Å²) >= 11 is 0. The van der Waals surface area contributed by atoms with Gasteiger partial charge in [-0.1, -0.05) is 6.07 Å². The minimum Gasteiger partial charge on any atom is -0.339 e. The lowest BCUT2D eigenvalue weighted by Crippen LogP contribution is -2.48. The van der Waals surface area contributed by atoms with Gasteiger partial charge in [-0.2, -0.15) is 18.4 Å². The maximum absolute atomic E-state index is 13.7. The van der Waals surface area contributed by atoms with E-state index in [2.05, 4.69) is 4.98 Å². The SMILES string of the molecule is CN1C(=O)N(c2ccnc(C(F)(F)F)c2)C2=C(C(=O)CC2)C1c1ccc(C#N)cc1C(=O)N1CCCCC1. The van der Waals surface area contributed by atoms with Gasteiger partial charge in [0.1, 0.15) is 5.69 Å². The highest BCUT2D eigenvalue weighted by atomic mass is 19.4. The zero-order valence-electron chi connectivity index (χ0n) is 20.6. The summed E-state index contributed by atoms with van der Waals surface area (Å²) in [5.74, 6) is -0.531. The number of anilines is 1. The van der Waals surface area contributed by atoms with E-state index in [9.17, 15) is 32.8 Å². The van der Waals surface area contributed by atoms with Gasteiger partial charge in [-0.15, -0.1) is 0 Å². The Labute approximate surface area is 216 Å². The first-order valence-electron chi connectivity index (χ1n) is 12.3. The summed E-state index contributed by atoms with van der Waals surface area (Å²) in [6, 6.07) is 7.16. The average Bonchev–Trinajstić information content (AvgIpc) is 3.29. The van der Waals surface area contributed by atoms with E-state index in [1.54, 1.807) is 11.0 Å². The van der Waals surface area contributed by atoms with Crippen molar-refractivity contribution in [3.8, 4) is 6.07 Å². The number of nitrogens with zero attached hydrogens (tertiary/aromatic N) is 5. The number of carbonyl (C=O) groups is 3.